The second kappa shape index (κ2) is 8.54. The largest absolute Gasteiger partial charge is 0.382 e. The summed E-state index contributed by atoms with van der Waals surface area (Å²) in [5.74, 6) is 0.925. The molecule has 0 bridgehead atoms. The van der Waals surface area contributed by atoms with Crippen LogP contribution in [0.5, 0.6) is 0 Å². The van der Waals surface area contributed by atoms with Crippen LogP contribution in [-0.4, -0.2) is 31.8 Å². The van der Waals surface area contributed by atoms with Crippen LogP contribution in [0.4, 0.5) is 0 Å². The molecule has 1 aliphatic rings. The predicted octanol–water partition coefficient (Wildman–Crippen LogP) is 3.38. The molecule has 0 spiro atoms. The first-order chi connectivity index (χ1) is 7.33. The summed E-state index contributed by atoms with van der Waals surface area (Å²) in [6.07, 6.45) is 8.06. The molecule has 0 amide bonds. The predicted molar refractivity (Wildman–Crippen MR) is 66.6 cm³/mol. The molecule has 1 rings (SSSR count). The van der Waals surface area contributed by atoms with Crippen LogP contribution in [0, 0.1) is 5.92 Å². The van der Waals surface area contributed by atoms with E-state index in [4.69, 9.17) is 9.47 Å². The standard InChI is InChI=1S/C12H23BrO2/c1-14-8-9-15-7-3-5-11-4-2-6-12(13)10-11/h11-12H,2-10H2,1H3. The van der Waals surface area contributed by atoms with E-state index in [1.165, 1.54) is 38.5 Å². The first-order valence-electron chi connectivity index (χ1n) is 6.03. The molecule has 0 aromatic rings. The third kappa shape index (κ3) is 6.54. The van der Waals surface area contributed by atoms with Crippen LogP contribution in [0.3, 0.4) is 0 Å². The maximum Gasteiger partial charge on any atom is 0.0700 e. The molecule has 90 valence electrons. The van der Waals surface area contributed by atoms with Crippen molar-refractivity contribution in [2.75, 3.05) is 26.9 Å². The summed E-state index contributed by atoms with van der Waals surface area (Å²) >= 11 is 3.72. The van der Waals surface area contributed by atoms with E-state index < -0.39 is 0 Å². The molecule has 15 heavy (non-hydrogen) atoms. The zero-order valence-corrected chi connectivity index (χ0v) is 11.3. The molecule has 0 aliphatic heterocycles. The van der Waals surface area contributed by atoms with Crippen molar-refractivity contribution in [2.24, 2.45) is 5.92 Å². The normalized spacial score (nSPS) is 26.8. The van der Waals surface area contributed by atoms with Gasteiger partial charge in [0.2, 0.25) is 0 Å². The molecule has 0 heterocycles. The van der Waals surface area contributed by atoms with E-state index in [2.05, 4.69) is 15.9 Å². The van der Waals surface area contributed by atoms with Crippen LogP contribution in [0.25, 0.3) is 0 Å². The highest BCUT2D eigenvalue weighted by atomic mass is 79.9. The fourth-order valence-corrected chi connectivity index (χ4v) is 3.06. The van der Waals surface area contributed by atoms with Crippen molar-refractivity contribution in [3.05, 3.63) is 0 Å². The number of hydrogen-bond acceptors (Lipinski definition) is 2. The van der Waals surface area contributed by atoms with Gasteiger partial charge in [0.15, 0.2) is 0 Å². The van der Waals surface area contributed by atoms with Crippen molar-refractivity contribution < 1.29 is 9.47 Å². The third-order valence-electron chi connectivity index (χ3n) is 3.05. The van der Waals surface area contributed by atoms with Crippen molar-refractivity contribution in [2.45, 2.75) is 43.4 Å². The van der Waals surface area contributed by atoms with Gasteiger partial charge in [-0.3, -0.25) is 0 Å². The van der Waals surface area contributed by atoms with Gasteiger partial charge in [0.25, 0.3) is 0 Å². The van der Waals surface area contributed by atoms with Crippen molar-refractivity contribution in [3.63, 3.8) is 0 Å². The highest BCUT2D eigenvalue weighted by Gasteiger charge is 2.19. The minimum absolute atomic E-state index is 0.715. The Morgan fingerprint density at radius 2 is 2.07 bits per heavy atom. The fraction of sp³-hybridized carbons (Fsp3) is 1.00. The summed E-state index contributed by atoms with van der Waals surface area (Å²) < 4.78 is 10.4. The number of methoxy groups -OCH3 is 1. The van der Waals surface area contributed by atoms with Crippen LogP contribution in [0.2, 0.25) is 0 Å². The van der Waals surface area contributed by atoms with Crippen LogP contribution in [0.15, 0.2) is 0 Å². The smallest absolute Gasteiger partial charge is 0.0700 e. The zero-order valence-electron chi connectivity index (χ0n) is 9.71. The second-order valence-corrected chi connectivity index (χ2v) is 5.67. The van der Waals surface area contributed by atoms with Gasteiger partial charge in [-0.05, 0) is 31.6 Å². The molecule has 2 unspecified atom stereocenters. The highest BCUT2D eigenvalue weighted by molar-refractivity contribution is 9.09. The van der Waals surface area contributed by atoms with Gasteiger partial charge in [-0.15, -0.1) is 0 Å². The molecular weight excluding hydrogens is 256 g/mol. The third-order valence-corrected chi connectivity index (χ3v) is 3.88. The van der Waals surface area contributed by atoms with Crippen molar-refractivity contribution in [3.8, 4) is 0 Å². The van der Waals surface area contributed by atoms with Crippen molar-refractivity contribution in [1.29, 1.82) is 0 Å². The lowest BCUT2D eigenvalue weighted by Gasteiger charge is -2.25. The van der Waals surface area contributed by atoms with E-state index in [0.717, 1.165) is 24.0 Å². The van der Waals surface area contributed by atoms with Gasteiger partial charge < -0.3 is 9.47 Å². The van der Waals surface area contributed by atoms with Crippen LogP contribution in [0.1, 0.15) is 38.5 Å². The van der Waals surface area contributed by atoms with Gasteiger partial charge in [0.05, 0.1) is 13.2 Å². The van der Waals surface area contributed by atoms with Gasteiger partial charge in [-0.2, -0.15) is 0 Å². The molecule has 2 atom stereocenters. The van der Waals surface area contributed by atoms with Gasteiger partial charge in [0.1, 0.15) is 0 Å². The number of hydrogen-bond donors (Lipinski definition) is 0. The van der Waals surface area contributed by atoms with Crippen LogP contribution < -0.4 is 0 Å². The number of rotatable bonds is 7. The molecule has 0 saturated heterocycles. The molecule has 2 nitrogen and oxygen atoms in total. The molecule has 1 fully saturated rings. The Hall–Kier alpha value is 0.400. The molecule has 1 aliphatic carbocycles. The Kier molecular flexibility index (Phi) is 7.67. The minimum atomic E-state index is 0.715. The summed E-state index contributed by atoms with van der Waals surface area (Å²) in [5, 5.41) is 0. The molecule has 0 aromatic heterocycles. The molecule has 0 radical (unpaired) electrons. The topological polar surface area (TPSA) is 18.5 Å². The average molecular weight is 279 g/mol. The summed E-state index contributed by atoms with van der Waals surface area (Å²) in [4.78, 5) is 0.769. The highest BCUT2D eigenvalue weighted by Crippen LogP contribution is 2.31. The molecule has 0 aromatic carbocycles. The maximum atomic E-state index is 5.46. The van der Waals surface area contributed by atoms with Gasteiger partial charge in [-0.1, -0.05) is 28.8 Å². The molecule has 1 saturated carbocycles. The summed E-state index contributed by atoms with van der Waals surface area (Å²) in [6, 6.07) is 0. The van der Waals surface area contributed by atoms with Gasteiger partial charge in [-0.25, -0.2) is 0 Å². The van der Waals surface area contributed by atoms with Crippen LogP contribution >= 0.6 is 15.9 Å². The summed E-state index contributed by atoms with van der Waals surface area (Å²) in [6.45, 7) is 2.35. The Labute approximate surface area is 102 Å². The Morgan fingerprint density at radius 1 is 1.20 bits per heavy atom. The van der Waals surface area contributed by atoms with Gasteiger partial charge in [0, 0.05) is 18.5 Å². The monoisotopic (exact) mass is 278 g/mol. The second-order valence-electron chi connectivity index (χ2n) is 4.38. The summed E-state index contributed by atoms with van der Waals surface area (Å²) in [7, 11) is 1.71. The molecule has 3 heteroatoms. The lowest BCUT2D eigenvalue weighted by molar-refractivity contribution is 0.0665. The lowest BCUT2D eigenvalue weighted by atomic mass is 9.86. The van der Waals surface area contributed by atoms with E-state index in [0.29, 0.717) is 6.61 Å². The van der Waals surface area contributed by atoms with Crippen molar-refractivity contribution in [1.82, 2.24) is 0 Å². The maximum absolute atomic E-state index is 5.46. The Bertz CT molecular complexity index is 153. The van der Waals surface area contributed by atoms with Gasteiger partial charge >= 0.3 is 0 Å². The SMILES string of the molecule is COCCOCCCC1CCCC(Br)C1. The summed E-state index contributed by atoms with van der Waals surface area (Å²) in [5.41, 5.74) is 0. The van der Waals surface area contributed by atoms with Crippen molar-refractivity contribution >= 4 is 15.9 Å². The van der Waals surface area contributed by atoms with E-state index in [-0.39, 0.29) is 0 Å². The van der Waals surface area contributed by atoms with E-state index >= 15 is 0 Å². The Morgan fingerprint density at radius 3 is 2.80 bits per heavy atom. The van der Waals surface area contributed by atoms with E-state index in [1.54, 1.807) is 7.11 Å². The Balaban J connectivity index is 1.90. The van der Waals surface area contributed by atoms with E-state index in [1.807, 2.05) is 0 Å². The number of halogens is 1. The average Bonchev–Trinajstić information content (AvgIpc) is 2.23. The first-order valence-corrected chi connectivity index (χ1v) is 6.95. The minimum Gasteiger partial charge on any atom is -0.382 e. The zero-order chi connectivity index (χ0) is 10.9. The lowest BCUT2D eigenvalue weighted by Crippen LogP contribution is -2.15. The van der Waals surface area contributed by atoms with E-state index in [9.17, 15) is 0 Å². The first kappa shape index (κ1) is 13.5. The number of ether oxygens (including phenoxy) is 2. The molecule has 0 N–H and O–H groups in total. The quantitative estimate of drug-likeness (QED) is 0.525. The molecular formula is C12H23BrO2. The number of alkyl halides is 1. The fourth-order valence-electron chi connectivity index (χ4n) is 2.21. The van der Waals surface area contributed by atoms with Crippen LogP contribution in [-0.2, 0) is 9.47 Å².